The van der Waals surface area contributed by atoms with Crippen LogP contribution in [0.2, 0.25) is 0 Å². The number of methoxy groups -OCH3 is 1. The first kappa shape index (κ1) is 17.0. The molecule has 0 aromatic heterocycles. The van der Waals surface area contributed by atoms with Gasteiger partial charge in [-0.05, 0) is 31.0 Å². The van der Waals surface area contributed by atoms with Crippen LogP contribution in [0.3, 0.4) is 0 Å². The van der Waals surface area contributed by atoms with Gasteiger partial charge in [-0.15, -0.1) is 0 Å². The van der Waals surface area contributed by atoms with Gasteiger partial charge in [-0.25, -0.2) is 0 Å². The number of carbonyl (C=O) groups is 2. The number of rotatable bonds is 8. The average molecular weight is 294 g/mol. The summed E-state index contributed by atoms with van der Waals surface area (Å²) in [4.78, 5) is 22.9. The lowest BCUT2D eigenvalue weighted by Crippen LogP contribution is -2.52. The molecule has 0 radical (unpaired) electrons. The Morgan fingerprint density at radius 3 is 2.67 bits per heavy atom. The highest BCUT2D eigenvalue weighted by Crippen LogP contribution is 2.12. The largest absolute Gasteiger partial charge is 0.497 e. The molecule has 3 N–H and O–H groups in total. The third-order valence-electron chi connectivity index (χ3n) is 3.44. The van der Waals surface area contributed by atoms with Crippen molar-refractivity contribution in [1.82, 2.24) is 10.6 Å². The summed E-state index contributed by atoms with van der Waals surface area (Å²) in [5.41, 5.74) is -0.174. The number of benzene rings is 1. The predicted molar refractivity (Wildman–Crippen MR) is 79.2 cm³/mol. The van der Waals surface area contributed by atoms with Crippen LogP contribution in [0.25, 0.3) is 0 Å². The molecule has 0 saturated carbocycles. The maximum absolute atomic E-state index is 11.8. The highest BCUT2D eigenvalue weighted by Gasteiger charge is 2.30. The molecule has 0 fully saturated rings. The number of carboxylic acid groups (broad SMARTS) is 1. The Hall–Kier alpha value is -2.08. The van der Waals surface area contributed by atoms with Gasteiger partial charge in [0.2, 0.25) is 5.91 Å². The molecule has 0 aliphatic carbocycles. The Bertz CT molecular complexity index is 504. The molecule has 0 aliphatic heterocycles. The van der Waals surface area contributed by atoms with Crippen LogP contribution >= 0.6 is 0 Å². The molecule has 1 rings (SSSR count). The average Bonchev–Trinajstić information content (AvgIpc) is 2.50. The van der Waals surface area contributed by atoms with Crippen molar-refractivity contribution in [3.8, 4) is 5.75 Å². The van der Waals surface area contributed by atoms with E-state index in [0.717, 1.165) is 11.3 Å². The molecule has 0 bridgehead atoms. The van der Waals surface area contributed by atoms with E-state index in [0.29, 0.717) is 13.0 Å². The molecule has 0 saturated heterocycles. The molecule has 1 atom stereocenters. The molecule has 1 aromatic rings. The molecule has 1 amide bonds. The van der Waals surface area contributed by atoms with Gasteiger partial charge in [0.1, 0.15) is 11.3 Å². The Morgan fingerprint density at radius 2 is 2.10 bits per heavy atom. The lowest BCUT2D eigenvalue weighted by Gasteiger charge is -2.24. The fraction of sp³-hybridized carbons (Fsp3) is 0.467. The van der Waals surface area contributed by atoms with Gasteiger partial charge in [0, 0.05) is 6.54 Å². The fourth-order valence-corrected chi connectivity index (χ4v) is 1.67. The third-order valence-corrected chi connectivity index (χ3v) is 3.44. The summed E-state index contributed by atoms with van der Waals surface area (Å²) in [5, 5.41) is 14.6. The van der Waals surface area contributed by atoms with Crippen molar-refractivity contribution in [2.24, 2.45) is 0 Å². The van der Waals surface area contributed by atoms with Crippen LogP contribution in [0.1, 0.15) is 25.8 Å². The smallest absolute Gasteiger partial charge is 0.323 e. The molecule has 6 nitrogen and oxygen atoms in total. The van der Waals surface area contributed by atoms with Gasteiger partial charge < -0.3 is 15.2 Å². The van der Waals surface area contributed by atoms with Gasteiger partial charge in [0.15, 0.2) is 0 Å². The van der Waals surface area contributed by atoms with E-state index >= 15 is 0 Å². The topological polar surface area (TPSA) is 87.7 Å². The van der Waals surface area contributed by atoms with Crippen molar-refractivity contribution in [3.63, 3.8) is 0 Å². The number of nitrogens with one attached hydrogen (secondary N) is 2. The van der Waals surface area contributed by atoms with Crippen molar-refractivity contribution in [1.29, 1.82) is 0 Å². The zero-order valence-electron chi connectivity index (χ0n) is 12.6. The predicted octanol–water partition coefficient (Wildman–Crippen LogP) is 1.15. The lowest BCUT2D eigenvalue weighted by atomic mass is 9.99. The monoisotopic (exact) mass is 294 g/mol. The summed E-state index contributed by atoms with van der Waals surface area (Å²) in [6.45, 7) is 3.65. The number of carboxylic acids is 1. The minimum Gasteiger partial charge on any atom is -0.497 e. The Labute approximate surface area is 124 Å². The molecule has 0 aliphatic rings. The van der Waals surface area contributed by atoms with Crippen LogP contribution in [0.5, 0.6) is 5.75 Å². The maximum Gasteiger partial charge on any atom is 0.323 e. The molecule has 21 heavy (non-hydrogen) atoms. The Morgan fingerprint density at radius 1 is 1.38 bits per heavy atom. The van der Waals surface area contributed by atoms with Crippen LogP contribution in [0.15, 0.2) is 24.3 Å². The van der Waals surface area contributed by atoms with Crippen molar-refractivity contribution in [2.75, 3.05) is 13.7 Å². The summed E-state index contributed by atoms with van der Waals surface area (Å²) in [5.74, 6) is -0.492. The molecule has 0 spiro atoms. The molecular formula is C15H22N2O4. The summed E-state index contributed by atoms with van der Waals surface area (Å²) in [7, 11) is 1.58. The first-order valence-corrected chi connectivity index (χ1v) is 6.79. The van der Waals surface area contributed by atoms with Gasteiger partial charge in [0.25, 0.3) is 0 Å². The number of carbonyl (C=O) groups excluding carboxylic acids is 1. The molecule has 0 heterocycles. The fourth-order valence-electron chi connectivity index (χ4n) is 1.67. The van der Waals surface area contributed by atoms with Gasteiger partial charge in [-0.3, -0.25) is 14.9 Å². The van der Waals surface area contributed by atoms with E-state index in [1.54, 1.807) is 21.0 Å². The Kier molecular flexibility index (Phi) is 6.17. The number of amides is 1. The van der Waals surface area contributed by atoms with Gasteiger partial charge in [-0.2, -0.15) is 0 Å². The van der Waals surface area contributed by atoms with Crippen molar-refractivity contribution >= 4 is 11.9 Å². The highest BCUT2D eigenvalue weighted by atomic mass is 16.5. The van der Waals surface area contributed by atoms with E-state index in [-0.39, 0.29) is 12.5 Å². The standard InChI is InChI=1S/C15H22N2O4/c1-4-15(2,14(19)20)17-10-13(18)16-9-11-6-5-7-12(8-11)21-3/h5-8,17H,4,9-10H2,1-3H3,(H,16,18)(H,19,20). The molecule has 116 valence electrons. The zero-order valence-corrected chi connectivity index (χ0v) is 12.6. The summed E-state index contributed by atoms with van der Waals surface area (Å²) in [6, 6.07) is 7.38. The van der Waals surface area contributed by atoms with Gasteiger partial charge in [0.05, 0.1) is 13.7 Å². The molecule has 1 unspecified atom stereocenters. The number of aliphatic carboxylic acids is 1. The van der Waals surface area contributed by atoms with Crippen LogP contribution in [0, 0.1) is 0 Å². The third kappa shape index (κ3) is 5.07. The second-order valence-electron chi connectivity index (χ2n) is 4.97. The van der Waals surface area contributed by atoms with Crippen molar-refractivity contribution < 1.29 is 19.4 Å². The summed E-state index contributed by atoms with van der Waals surface area (Å²) < 4.78 is 5.10. The van der Waals surface area contributed by atoms with E-state index < -0.39 is 11.5 Å². The highest BCUT2D eigenvalue weighted by molar-refractivity contribution is 5.81. The lowest BCUT2D eigenvalue weighted by molar-refractivity contribution is -0.144. The molecular weight excluding hydrogens is 272 g/mol. The van der Waals surface area contributed by atoms with Gasteiger partial charge >= 0.3 is 5.97 Å². The van der Waals surface area contributed by atoms with Crippen LogP contribution in [-0.4, -0.2) is 36.2 Å². The van der Waals surface area contributed by atoms with E-state index in [1.807, 2.05) is 24.3 Å². The molecule has 1 aromatic carbocycles. The number of hydrogen-bond acceptors (Lipinski definition) is 4. The van der Waals surface area contributed by atoms with E-state index in [4.69, 9.17) is 9.84 Å². The van der Waals surface area contributed by atoms with Crippen LogP contribution in [0.4, 0.5) is 0 Å². The van der Waals surface area contributed by atoms with Crippen molar-refractivity contribution in [3.05, 3.63) is 29.8 Å². The summed E-state index contributed by atoms with van der Waals surface area (Å²) >= 11 is 0. The normalized spacial score (nSPS) is 13.3. The van der Waals surface area contributed by atoms with Crippen molar-refractivity contribution in [2.45, 2.75) is 32.4 Å². The number of ether oxygens (including phenoxy) is 1. The van der Waals surface area contributed by atoms with Crippen LogP contribution in [-0.2, 0) is 16.1 Å². The quantitative estimate of drug-likeness (QED) is 0.669. The second kappa shape index (κ2) is 7.64. The first-order valence-electron chi connectivity index (χ1n) is 6.79. The van der Waals surface area contributed by atoms with E-state index in [1.165, 1.54) is 0 Å². The Balaban J connectivity index is 2.45. The summed E-state index contributed by atoms with van der Waals surface area (Å²) in [6.07, 6.45) is 0.394. The first-order chi connectivity index (χ1) is 9.91. The maximum atomic E-state index is 11.8. The van der Waals surface area contributed by atoms with Gasteiger partial charge in [-0.1, -0.05) is 19.1 Å². The minimum absolute atomic E-state index is 0.0411. The van der Waals surface area contributed by atoms with E-state index in [9.17, 15) is 9.59 Å². The SMILES string of the molecule is CCC(C)(NCC(=O)NCc1cccc(OC)c1)C(=O)O. The minimum atomic E-state index is -1.09. The molecule has 6 heteroatoms. The zero-order chi connectivity index (χ0) is 15.9. The second-order valence-corrected chi connectivity index (χ2v) is 4.97. The number of hydrogen-bond donors (Lipinski definition) is 3. The van der Waals surface area contributed by atoms with Crippen LogP contribution < -0.4 is 15.4 Å². The van der Waals surface area contributed by atoms with E-state index in [2.05, 4.69) is 10.6 Å².